The summed E-state index contributed by atoms with van der Waals surface area (Å²) in [5, 5.41) is 10.3. The highest BCUT2D eigenvalue weighted by Crippen LogP contribution is 2.27. The van der Waals surface area contributed by atoms with Gasteiger partial charge in [-0.05, 0) is 30.1 Å². The van der Waals surface area contributed by atoms with E-state index >= 15 is 0 Å². The van der Waals surface area contributed by atoms with Crippen LogP contribution in [0.1, 0.15) is 21.7 Å². The fourth-order valence-corrected chi connectivity index (χ4v) is 3.57. The number of nitrogens with zero attached hydrogens (tertiary/aromatic N) is 6. The third-order valence-corrected chi connectivity index (χ3v) is 4.85. The summed E-state index contributed by atoms with van der Waals surface area (Å²) in [5.74, 6) is -0.0463. The van der Waals surface area contributed by atoms with Gasteiger partial charge in [0.2, 0.25) is 0 Å². The van der Waals surface area contributed by atoms with Gasteiger partial charge in [-0.15, -0.1) is 5.10 Å². The third-order valence-electron chi connectivity index (χ3n) is 4.35. The minimum absolute atomic E-state index is 0.0463. The maximum Gasteiger partial charge on any atom is 0.275 e. The lowest BCUT2D eigenvalue weighted by Crippen LogP contribution is -2.33. The Bertz CT molecular complexity index is 858. The number of hydrogen-bond acceptors (Lipinski definition) is 6. The highest BCUT2D eigenvalue weighted by atomic mass is 32.1. The van der Waals surface area contributed by atoms with Crippen LogP contribution in [-0.2, 0) is 19.9 Å². The molecule has 0 bridgehead atoms. The summed E-state index contributed by atoms with van der Waals surface area (Å²) < 4.78 is 5.72. The summed E-state index contributed by atoms with van der Waals surface area (Å²) in [4.78, 5) is 18.5. The van der Waals surface area contributed by atoms with E-state index in [1.54, 1.807) is 17.8 Å². The van der Waals surface area contributed by atoms with E-state index < -0.39 is 0 Å². The van der Waals surface area contributed by atoms with E-state index in [2.05, 4.69) is 19.7 Å². The zero-order valence-corrected chi connectivity index (χ0v) is 14.0. The molecule has 0 saturated carbocycles. The molecular formula is C16H16N6OS. The molecular weight excluding hydrogens is 324 g/mol. The van der Waals surface area contributed by atoms with Crippen molar-refractivity contribution in [1.82, 2.24) is 29.3 Å². The fourth-order valence-electron chi connectivity index (χ4n) is 3.14. The lowest BCUT2D eigenvalue weighted by molar-refractivity contribution is 0.0756. The van der Waals surface area contributed by atoms with Gasteiger partial charge in [0.15, 0.2) is 5.69 Å². The predicted molar refractivity (Wildman–Crippen MR) is 89.7 cm³/mol. The molecule has 1 aliphatic heterocycles. The van der Waals surface area contributed by atoms with Crippen LogP contribution in [-0.4, -0.2) is 48.2 Å². The second-order valence-corrected chi connectivity index (χ2v) is 6.33. The van der Waals surface area contributed by atoms with Crippen LogP contribution in [0.4, 0.5) is 0 Å². The highest BCUT2D eigenvalue weighted by molar-refractivity contribution is 7.03. The number of amides is 1. The van der Waals surface area contributed by atoms with Gasteiger partial charge in [-0.2, -0.15) is 5.10 Å². The molecule has 0 radical (unpaired) electrons. The van der Waals surface area contributed by atoms with Crippen LogP contribution in [0.15, 0.2) is 29.9 Å². The predicted octanol–water partition coefficient (Wildman–Crippen LogP) is 1.57. The van der Waals surface area contributed by atoms with Gasteiger partial charge in [-0.25, -0.2) is 0 Å². The van der Waals surface area contributed by atoms with Crippen LogP contribution >= 0.6 is 11.5 Å². The quantitative estimate of drug-likeness (QED) is 0.708. The topological polar surface area (TPSA) is 76.8 Å². The molecule has 0 aromatic carbocycles. The molecule has 0 N–H and O–H groups in total. The van der Waals surface area contributed by atoms with Crippen LogP contribution < -0.4 is 0 Å². The SMILES string of the molecule is Cn1nc(-c2ccncc2)c2c1CCN(C(=O)c1csnn1)CC2. The first kappa shape index (κ1) is 14.9. The Morgan fingerprint density at radius 2 is 2.00 bits per heavy atom. The van der Waals surface area contributed by atoms with Gasteiger partial charge in [-0.1, -0.05) is 4.49 Å². The van der Waals surface area contributed by atoms with Gasteiger partial charge < -0.3 is 4.90 Å². The van der Waals surface area contributed by atoms with Gasteiger partial charge >= 0.3 is 0 Å². The van der Waals surface area contributed by atoms with Crippen molar-refractivity contribution in [2.24, 2.45) is 7.05 Å². The van der Waals surface area contributed by atoms with Crippen molar-refractivity contribution >= 4 is 17.4 Å². The normalized spacial score (nSPS) is 14.3. The van der Waals surface area contributed by atoms with Crippen molar-refractivity contribution in [3.63, 3.8) is 0 Å². The monoisotopic (exact) mass is 340 g/mol. The molecule has 1 amide bonds. The van der Waals surface area contributed by atoms with Crippen molar-refractivity contribution in [3.05, 3.63) is 46.9 Å². The summed E-state index contributed by atoms with van der Waals surface area (Å²) in [7, 11) is 1.96. The number of pyridine rings is 1. The summed E-state index contributed by atoms with van der Waals surface area (Å²) >= 11 is 1.20. The first-order valence-electron chi connectivity index (χ1n) is 7.75. The molecule has 3 aromatic heterocycles. The van der Waals surface area contributed by atoms with E-state index in [-0.39, 0.29) is 5.91 Å². The Kier molecular flexibility index (Phi) is 3.81. The van der Waals surface area contributed by atoms with Gasteiger partial charge in [0, 0.05) is 61.2 Å². The van der Waals surface area contributed by atoms with E-state index in [4.69, 9.17) is 0 Å². The van der Waals surface area contributed by atoms with Crippen molar-refractivity contribution in [1.29, 1.82) is 0 Å². The lowest BCUT2D eigenvalue weighted by Gasteiger charge is -2.18. The molecule has 7 nitrogen and oxygen atoms in total. The van der Waals surface area contributed by atoms with Crippen molar-refractivity contribution in [2.75, 3.05) is 13.1 Å². The largest absolute Gasteiger partial charge is 0.337 e. The first-order chi connectivity index (χ1) is 11.7. The Morgan fingerprint density at radius 1 is 1.21 bits per heavy atom. The van der Waals surface area contributed by atoms with Crippen LogP contribution in [0.2, 0.25) is 0 Å². The first-order valence-corrected chi connectivity index (χ1v) is 8.59. The maximum absolute atomic E-state index is 12.5. The molecule has 1 aliphatic rings. The molecule has 8 heteroatoms. The summed E-state index contributed by atoms with van der Waals surface area (Å²) in [6.07, 6.45) is 5.12. The smallest absolute Gasteiger partial charge is 0.275 e. The van der Waals surface area contributed by atoms with E-state index in [0.717, 1.165) is 24.1 Å². The van der Waals surface area contributed by atoms with E-state index in [9.17, 15) is 4.79 Å². The summed E-state index contributed by atoms with van der Waals surface area (Å²) in [5.41, 5.74) is 4.88. The molecule has 4 heterocycles. The fraction of sp³-hybridized carbons (Fsp3) is 0.312. The molecule has 0 unspecified atom stereocenters. The van der Waals surface area contributed by atoms with Crippen LogP contribution in [0.3, 0.4) is 0 Å². The van der Waals surface area contributed by atoms with E-state index in [1.807, 2.05) is 28.8 Å². The van der Waals surface area contributed by atoms with Gasteiger partial charge in [0.1, 0.15) is 0 Å². The Hall–Kier alpha value is -2.61. The molecule has 24 heavy (non-hydrogen) atoms. The van der Waals surface area contributed by atoms with Gasteiger partial charge in [0.25, 0.3) is 5.91 Å². The number of hydrogen-bond donors (Lipinski definition) is 0. The average molecular weight is 340 g/mol. The number of aromatic nitrogens is 5. The molecule has 3 aromatic rings. The minimum atomic E-state index is -0.0463. The zero-order chi connectivity index (χ0) is 16.5. The van der Waals surface area contributed by atoms with Crippen molar-refractivity contribution in [2.45, 2.75) is 12.8 Å². The molecule has 0 fully saturated rings. The van der Waals surface area contributed by atoms with Gasteiger partial charge in [0.05, 0.1) is 5.69 Å². The standard InChI is InChI=1S/C16H16N6OS/c1-21-14-5-9-22(16(23)13-10-24-20-18-13)8-4-12(14)15(19-21)11-2-6-17-7-3-11/h2-3,6-7,10H,4-5,8-9H2,1H3. The maximum atomic E-state index is 12.5. The lowest BCUT2D eigenvalue weighted by atomic mass is 10.0. The summed E-state index contributed by atoms with van der Waals surface area (Å²) in [6.45, 7) is 1.33. The van der Waals surface area contributed by atoms with Crippen molar-refractivity contribution in [3.8, 4) is 11.3 Å². The molecule has 0 aliphatic carbocycles. The Balaban J connectivity index is 1.63. The second kappa shape index (κ2) is 6.12. The average Bonchev–Trinajstić information content (AvgIpc) is 3.18. The van der Waals surface area contributed by atoms with Crippen molar-refractivity contribution < 1.29 is 4.79 Å². The molecule has 0 saturated heterocycles. The zero-order valence-electron chi connectivity index (χ0n) is 13.2. The molecule has 0 spiro atoms. The van der Waals surface area contributed by atoms with E-state index in [1.165, 1.54) is 22.8 Å². The number of aryl methyl sites for hydroxylation is 1. The number of carbonyl (C=O) groups excluding carboxylic acids is 1. The number of carbonyl (C=O) groups is 1. The molecule has 4 rings (SSSR count). The highest BCUT2D eigenvalue weighted by Gasteiger charge is 2.25. The number of rotatable bonds is 2. The Labute approximate surface area is 143 Å². The van der Waals surface area contributed by atoms with Crippen LogP contribution in [0.5, 0.6) is 0 Å². The summed E-state index contributed by atoms with van der Waals surface area (Å²) in [6, 6.07) is 3.94. The Morgan fingerprint density at radius 3 is 2.75 bits per heavy atom. The van der Waals surface area contributed by atoms with E-state index in [0.29, 0.717) is 18.8 Å². The molecule has 0 atom stereocenters. The second-order valence-electron chi connectivity index (χ2n) is 5.72. The minimum Gasteiger partial charge on any atom is -0.337 e. The molecule has 122 valence electrons. The third kappa shape index (κ3) is 2.58. The van der Waals surface area contributed by atoms with Crippen LogP contribution in [0.25, 0.3) is 11.3 Å². The van der Waals surface area contributed by atoms with Crippen LogP contribution in [0, 0.1) is 0 Å². The van der Waals surface area contributed by atoms with Gasteiger partial charge in [-0.3, -0.25) is 14.5 Å². The number of fused-ring (bicyclic) bond motifs is 1.